The first-order valence-electron chi connectivity index (χ1n) is 7.24. The molecule has 0 amide bonds. The molecule has 2 heterocycles. The van der Waals surface area contributed by atoms with Crippen LogP contribution in [0.2, 0.25) is 0 Å². The van der Waals surface area contributed by atoms with Gasteiger partial charge >= 0.3 is 0 Å². The highest BCUT2D eigenvalue weighted by molar-refractivity contribution is 5.56. The van der Waals surface area contributed by atoms with Gasteiger partial charge in [-0.05, 0) is 24.1 Å². The van der Waals surface area contributed by atoms with Crippen LogP contribution >= 0.6 is 0 Å². The van der Waals surface area contributed by atoms with Crippen LogP contribution in [-0.2, 0) is 6.42 Å². The molecule has 5 nitrogen and oxygen atoms in total. The smallest absolute Gasteiger partial charge is 0.130 e. The monoisotopic (exact) mass is 286 g/mol. The van der Waals surface area contributed by atoms with E-state index >= 15 is 0 Å². The van der Waals surface area contributed by atoms with Gasteiger partial charge in [0, 0.05) is 43.7 Å². The molecule has 2 aromatic heterocycles. The molecule has 1 N–H and O–H groups in total. The fourth-order valence-corrected chi connectivity index (χ4v) is 2.19. The van der Waals surface area contributed by atoms with Crippen LogP contribution in [0.1, 0.15) is 19.7 Å². The van der Waals surface area contributed by atoms with E-state index in [4.69, 9.17) is 0 Å². The lowest BCUT2D eigenvalue weighted by atomic mass is 10.2. The SMILES string of the molecule is CC(C)CN(CO)CCc1nccc(-c2cccnc2)n1. The summed E-state index contributed by atoms with van der Waals surface area (Å²) in [6, 6.07) is 5.77. The quantitative estimate of drug-likeness (QED) is 0.789. The lowest BCUT2D eigenvalue weighted by Gasteiger charge is -2.21. The van der Waals surface area contributed by atoms with Crippen molar-refractivity contribution in [3.63, 3.8) is 0 Å². The second-order valence-corrected chi connectivity index (χ2v) is 5.46. The lowest BCUT2D eigenvalue weighted by Crippen LogP contribution is -2.31. The molecule has 0 bridgehead atoms. The number of aromatic nitrogens is 3. The summed E-state index contributed by atoms with van der Waals surface area (Å²) in [7, 11) is 0. The predicted octanol–water partition coefficient (Wildman–Crippen LogP) is 1.99. The molecule has 0 atom stereocenters. The second-order valence-electron chi connectivity index (χ2n) is 5.46. The Morgan fingerprint density at radius 1 is 1.24 bits per heavy atom. The van der Waals surface area contributed by atoms with Crippen molar-refractivity contribution in [3.05, 3.63) is 42.6 Å². The van der Waals surface area contributed by atoms with Crippen LogP contribution in [0, 0.1) is 5.92 Å². The van der Waals surface area contributed by atoms with Gasteiger partial charge in [-0.25, -0.2) is 9.97 Å². The minimum atomic E-state index is 0.0699. The predicted molar refractivity (Wildman–Crippen MR) is 82.5 cm³/mol. The van der Waals surface area contributed by atoms with E-state index in [1.165, 1.54) is 0 Å². The molecule has 0 aromatic carbocycles. The summed E-state index contributed by atoms with van der Waals surface area (Å²) in [6.07, 6.45) is 6.04. The van der Waals surface area contributed by atoms with Gasteiger partial charge in [0.2, 0.25) is 0 Å². The Kier molecular flexibility index (Phi) is 5.78. The van der Waals surface area contributed by atoms with E-state index in [9.17, 15) is 5.11 Å². The number of aliphatic hydroxyl groups is 1. The third kappa shape index (κ3) is 4.88. The van der Waals surface area contributed by atoms with Gasteiger partial charge in [-0.1, -0.05) is 13.8 Å². The molecule has 112 valence electrons. The van der Waals surface area contributed by atoms with E-state index in [0.717, 1.165) is 36.6 Å². The van der Waals surface area contributed by atoms with Crippen LogP contribution in [0.3, 0.4) is 0 Å². The van der Waals surface area contributed by atoms with Crippen LogP contribution in [0.5, 0.6) is 0 Å². The zero-order valence-electron chi connectivity index (χ0n) is 12.6. The second kappa shape index (κ2) is 7.81. The van der Waals surface area contributed by atoms with Crippen LogP contribution < -0.4 is 0 Å². The van der Waals surface area contributed by atoms with Gasteiger partial charge in [-0.2, -0.15) is 0 Å². The Hall–Kier alpha value is -1.85. The van der Waals surface area contributed by atoms with Crippen molar-refractivity contribution in [2.75, 3.05) is 19.8 Å². The molecule has 2 aromatic rings. The van der Waals surface area contributed by atoms with Crippen molar-refractivity contribution in [1.29, 1.82) is 0 Å². The van der Waals surface area contributed by atoms with Gasteiger partial charge in [0.1, 0.15) is 5.82 Å². The van der Waals surface area contributed by atoms with Crippen molar-refractivity contribution in [2.45, 2.75) is 20.3 Å². The molecule has 0 fully saturated rings. The maximum atomic E-state index is 9.36. The molecule has 5 heteroatoms. The molecule has 0 saturated heterocycles. The zero-order valence-corrected chi connectivity index (χ0v) is 12.6. The van der Waals surface area contributed by atoms with E-state index in [1.807, 2.05) is 23.1 Å². The van der Waals surface area contributed by atoms with Crippen molar-refractivity contribution in [1.82, 2.24) is 19.9 Å². The Balaban J connectivity index is 2.01. The highest BCUT2D eigenvalue weighted by Crippen LogP contribution is 2.14. The van der Waals surface area contributed by atoms with E-state index in [2.05, 4.69) is 28.8 Å². The van der Waals surface area contributed by atoms with Gasteiger partial charge in [-0.3, -0.25) is 9.88 Å². The first-order valence-corrected chi connectivity index (χ1v) is 7.24. The maximum Gasteiger partial charge on any atom is 0.130 e. The largest absolute Gasteiger partial charge is 0.381 e. The summed E-state index contributed by atoms with van der Waals surface area (Å²) in [6.45, 7) is 5.98. The number of rotatable bonds is 7. The Morgan fingerprint density at radius 2 is 2.10 bits per heavy atom. The topological polar surface area (TPSA) is 62.1 Å². The van der Waals surface area contributed by atoms with Gasteiger partial charge in [0.05, 0.1) is 12.4 Å². The fourth-order valence-electron chi connectivity index (χ4n) is 2.19. The van der Waals surface area contributed by atoms with Gasteiger partial charge < -0.3 is 5.11 Å². The maximum absolute atomic E-state index is 9.36. The minimum Gasteiger partial charge on any atom is -0.381 e. The number of hydrogen-bond donors (Lipinski definition) is 1. The van der Waals surface area contributed by atoms with Crippen molar-refractivity contribution in [2.24, 2.45) is 5.92 Å². The van der Waals surface area contributed by atoms with E-state index < -0.39 is 0 Å². The molecule has 0 spiro atoms. The molecule has 0 aliphatic rings. The molecule has 0 radical (unpaired) electrons. The summed E-state index contributed by atoms with van der Waals surface area (Å²) in [5.41, 5.74) is 1.87. The van der Waals surface area contributed by atoms with E-state index in [1.54, 1.807) is 18.6 Å². The molecule has 0 saturated carbocycles. The third-order valence-corrected chi connectivity index (χ3v) is 3.14. The van der Waals surface area contributed by atoms with Crippen LogP contribution in [0.25, 0.3) is 11.3 Å². The van der Waals surface area contributed by atoms with Crippen molar-refractivity contribution >= 4 is 0 Å². The third-order valence-electron chi connectivity index (χ3n) is 3.14. The van der Waals surface area contributed by atoms with Gasteiger partial charge in [0.15, 0.2) is 0 Å². The van der Waals surface area contributed by atoms with Crippen LogP contribution in [0.15, 0.2) is 36.8 Å². The molecule has 0 aliphatic heterocycles. The first kappa shape index (κ1) is 15.5. The summed E-state index contributed by atoms with van der Waals surface area (Å²) >= 11 is 0. The summed E-state index contributed by atoms with van der Waals surface area (Å²) in [5, 5.41) is 9.36. The molecule has 2 rings (SSSR count). The van der Waals surface area contributed by atoms with Crippen LogP contribution in [-0.4, -0.2) is 44.8 Å². The normalized spacial score (nSPS) is 11.3. The fraction of sp³-hybridized carbons (Fsp3) is 0.438. The number of aliphatic hydroxyl groups excluding tert-OH is 1. The molecule has 21 heavy (non-hydrogen) atoms. The summed E-state index contributed by atoms with van der Waals surface area (Å²) in [5.74, 6) is 1.32. The first-order chi connectivity index (χ1) is 10.2. The molecule has 0 aliphatic carbocycles. The Morgan fingerprint density at radius 3 is 2.76 bits per heavy atom. The highest BCUT2D eigenvalue weighted by atomic mass is 16.3. The number of nitrogens with zero attached hydrogens (tertiary/aromatic N) is 4. The van der Waals surface area contributed by atoms with Crippen molar-refractivity contribution < 1.29 is 5.11 Å². The van der Waals surface area contributed by atoms with E-state index in [-0.39, 0.29) is 6.73 Å². The Bertz CT molecular complexity index is 545. The average molecular weight is 286 g/mol. The number of hydrogen-bond acceptors (Lipinski definition) is 5. The molecular weight excluding hydrogens is 264 g/mol. The summed E-state index contributed by atoms with van der Waals surface area (Å²) < 4.78 is 0. The number of pyridine rings is 1. The standard InChI is InChI=1S/C16H22N4O/c1-13(2)11-20(12-21)9-6-16-18-8-5-15(19-16)14-4-3-7-17-10-14/h3-5,7-8,10,13,21H,6,9,11-12H2,1-2H3. The average Bonchev–Trinajstić information content (AvgIpc) is 2.52. The van der Waals surface area contributed by atoms with E-state index in [0.29, 0.717) is 5.92 Å². The zero-order chi connectivity index (χ0) is 15.1. The highest BCUT2D eigenvalue weighted by Gasteiger charge is 2.08. The van der Waals surface area contributed by atoms with Crippen LogP contribution in [0.4, 0.5) is 0 Å². The summed E-state index contributed by atoms with van der Waals surface area (Å²) in [4.78, 5) is 15.0. The van der Waals surface area contributed by atoms with Crippen molar-refractivity contribution in [3.8, 4) is 11.3 Å². The molecular formula is C16H22N4O. The Labute approximate surface area is 125 Å². The van der Waals surface area contributed by atoms with Gasteiger partial charge in [0.25, 0.3) is 0 Å². The van der Waals surface area contributed by atoms with Gasteiger partial charge in [-0.15, -0.1) is 0 Å². The lowest BCUT2D eigenvalue weighted by molar-refractivity contribution is 0.0967. The molecule has 0 unspecified atom stereocenters. The minimum absolute atomic E-state index is 0.0699.